The van der Waals surface area contributed by atoms with Gasteiger partial charge in [-0.25, -0.2) is 0 Å². The van der Waals surface area contributed by atoms with Crippen molar-refractivity contribution in [3.8, 4) is 5.75 Å². The zero-order chi connectivity index (χ0) is 19.1. The van der Waals surface area contributed by atoms with Crippen molar-refractivity contribution in [3.63, 3.8) is 0 Å². The average Bonchev–Trinajstić information content (AvgIpc) is 2.70. The number of hydrogen-bond acceptors (Lipinski definition) is 5. The fourth-order valence-electron chi connectivity index (χ4n) is 3.88. The van der Waals surface area contributed by atoms with E-state index < -0.39 is 0 Å². The van der Waals surface area contributed by atoms with Gasteiger partial charge in [0.2, 0.25) is 5.91 Å². The van der Waals surface area contributed by atoms with Crippen LogP contribution in [0.2, 0.25) is 0 Å². The van der Waals surface area contributed by atoms with Crippen molar-refractivity contribution in [2.45, 2.75) is 37.8 Å². The van der Waals surface area contributed by atoms with Gasteiger partial charge in [-0.15, -0.1) is 0 Å². The van der Waals surface area contributed by atoms with Crippen LogP contribution in [-0.4, -0.2) is 75.3 Å². The number of amides is 1. The monoisotopic (exact) mass is 375 g/mol. The molecule has 0 radical (unpaired) electrons. The molecule has 0 aliphatic carbocycles. The van der Waals surface area contributed by atoms with E-state index in [-0.39, 0.29) is 18.1 Å². The van der Waals surface area contributed by atoms with Gasteiger partial charge in [0.25, 0.3) is 0 Å². The Hall–Kier alpha value is -1.63. The molecular weight excluding hydrogens is 342 g/mol. The number of carbonyl (C=O) groups excluding carboxylic acids is 1. The predicted molar refractivity (Wildman–Crippen MR) is 106 cm³/mol. The van der Waals surface area contributed by atoms with E-state index in [4.69, 9.17) is 9.47 Å². The number of benzene rings is 1. The molecular formula is C21H33N3O3. The molecule has 27 heavy (non-hydrogen) atoms. The molecule has 3 rings (SSSR count). The number of carbonyl (C=O) groups is 1. The number of rotatable bonds is 7. The van der Waals surface area contributed by atoms with Gasteiger partial charge in [-0.1, -0.05) is 12.1 Å². The minimum Gasteiger partial charge on any atom is -0.497 e. The Bertz CT molecular complexity index is 579. The first-order chi connectivity index (χ1) is 13.2. The number of ether oxygens (including phenoxy) is 2. The zero-order valence-electron chi connectivity index (χ0n) is 16.7. The molecule has 2 atom stereocenters. The van der Waals surface area contributed by atoms with Gasteiger partial charge >= 0.3 is 0 Å². The van der Waals surface area contributed by atoms with E-state index in [0.29, 0.717) is 13.0 Å². The minimum absolute atomic E-state index is 0.0850. The molecule has 0 spiro atoms. The Morgan fingerprint density at radius 1 is 1.22 bits per heavy atom. The van der Waals surface area contributed by atoms with Gasteiger partial charge in [-0.2, -0.15) is 0 Å². The van der Waals surface area contributed by atoms with Crippen molar-refractivity contribution in [3.05, 3.63) is 29.8 Å². The normalized spacial score (nSPS) is 23.0. The lowest BCUT2D eigenvalue weighted by molar-refractivity contribution is -0.125. The lowest BCUT2D eigenvalue weighted by Gasteiger charge is -2.38. The summed E-state index contributed by atoms with van der Waals surface area (Å²) in [4.78, 5) is 17.3. The Kier molecular flexibility index (Phi) is 7.50. The zero-order valence-corrected chi connectivity index (χ0v) is 16.7. The van der Waals surface area contributed by atoms with Gasteiger partial charge in [0, 0.05) is 39.3 Å². The number of nitrogens with one attached hydrogen (secondary N) is 1. The van der Waals surface area contributed by atoms with E-state index in [9.17, 15) is 4.79 Å². The summed E-state index contributed by atoms with van der Waals surface area (Å²) in [6.07, 6.45) is 3.82. The van der Waals surface area contributed by atoms with Crippen molar-refractivity contribution in [2.24, 2.45) is 0 Å². The van der Waals surface area contributed by atoms with E-state index in [1.165, 1.54) is 5.56 Å². The third-order valence-corrected chi connectivity index (χ3v) is 5.66. The first-order valence-corrected chi connectivity index (χ1v) is 10.1. The van der Waals surface area contributed by atoms with Crippen LogP contribution < -0.4 is 10.1 Å². The summed E-state index contributed by atoms with van der Waals surface area (Å²) >= 11 is 0. The summed E-state index contributed by atoms with van der Waals surface area (Å²) in [6, 6.07) is 8.39. The maximum Gasteiger partial charge on any atom is 0.222 e. The predicted octanol–water partition coefficient (Wildman–Crippen LogP) is 2.06. The molecule has 1 amide bonds. The molecule has 6 nitrogen and oxygen atoms in total. The molecule has 2 unspecified atom stereocenters. The molecule has 0 bridgehead atoms. The standard InChI is InChI=1S/C21H33N3O3/c1-23-10-12-24(13-11-23)20(17-6-8-18(26-2)9-7-17)16-22-21(25)15-19-5-3-4-14-27-19/h6-9,19-20H,3-5,10-16H2,1-2H3,(H,22,25). The van der Waals surface area contributed by atoms with Crippen LogP contribution in [0.5, 0.6) is 5.75 Å². The van der Waals surface area contributed by atoms with Crippen LogP contribution in [0.25, 0.3) is 0 Å². The molecule has 2 aliphatic rings. The highest BCUT2D eigenvalue weighted by atomic mass is 16.5. The van der Waals surface area contributed by atoms with Crippen LogP contribution in [0.4, 0.5) is 0 Å². The van der Waals surface area contributed by atoms with Gasteiger partial charge < -0.3 is 19.7 Å². The van der Waals surface area contributed by atoms with E-state index in [1.54, 1.807) is 7.11 Å². The lowest BCUT2D eigenvalue weighted by Crippen LogP contribution is -2.48. The molecule has 2 saturated heterocycles. The number of hydrogen-bond donors (Lipinski definition) is 1. The molecule has 2 fully saturated rings. The first-order valence-electron chi connectivity index (χ1n) is 10.1. The second kappa shape index (κ2) is 10.1. The maximum atomic E-state index is 12.4. The summed E-state index contributed by atoms with van der Waals surface area (Å²) in [6.45, 7) is 5.53. The Morgan fingerprint density at radius 2 is 1.96 bits per heavy atom. The molecule has 1 aromatic carbocycles. The second-order valence-corrected chi connectivity index (χ2v) is 7.62. The summed E-state index contributed by atoms with van der Waals surface area (Å²) in [5, 5.41) is 3.16. The summed E-state index contributed by atoms with van der Waals surface area (Å²) in [5.74, 6) is 0.948. The summed E-state index contributed by atoms with van der Waals surface area (Å²) < 4.78 is 11.0. The highest BCUT2D eigenvalue weighted by molar-refractivity contribution is 5.76. The van der Waals surface area contributed by atoms with Gasteiger partial charge in [0.15, 0.2) is 0 Å². The largest absolute Gasteiger partial charge is 0.497 e. The number of methoxy groups -OCH3 is 1. The molecule has 2 heterocycles. The van der Waals surface area contributed by atoms with Crippen molar-refractivity contribution in [1.82, 2.24) is 15.1 Å². The maximum absolute atomic E-state index is 12.4. The van der Waals surface area contributed by atoms with Crippen LogP contribution in [0.15, 0.2) is 24.3 Å². The Labute approximate surface area is 162 Å². The SMILES string of the molecule is COc1ccc(C(CNC(=O)CC2CCCCO2)N2CCN(C)CC2)cc1. The Balaban J connectivity index is 1.60. The van der Waals surface area contributed by atoms with Crippen molar-refractivity contribution in [2.75, 3.05) is 53.5 Å². The van der Waals surface area contributed by atoms with Crippen LogP contribution in [0, 0.1) is 0 Å². The molecule has 0 aromatic heterocycles. The van der Waals surface area contributed by atoms with Crippen molar-refractivity contribution in [1.29, 1.82) is 0 Å². The van der Waals surface area contributed by atoms with E-state index >= 15 is 0 Å². The summed E-state index contributed by atoms with van der Waals surface area (Å²) in [7, 11) is 3.84. The molecule has 1 aromatic rings. The molecule has 1 N–H and O–H groups in total. The number of piperazine rings is 1. The van der Waals surface area contributed by atoms with Gasteiger partial charge in [0.05, 0.1) is 25.7 Å². The van der Waals surface area contributed by atoms with Crippen LogP contribution in [0.1, 0.15) is 37.3 Å². The van der Waals surface area contributed by atoms with E-state index in [2.05, 4.69) is 34.3 Å². The van der Waals surface area contributed by atoms with Gasteiger partial charge in [-0.05, 0) is 44.0 Å². The van der Waals surface area contributed by atoms with Gasteiger partial charge in [-0.3, -0.25) is 9.69 Å². The smallest absolute Gasteiger partial charge is 0.222 e. The van der Waals surface area contributed by atoms with Crippen molar-refractivity contribution < 1.29 is 14.3 Å². The van der Waals surface area contributed by atoms with Crippen LogP contribution in [-0.2, 0) is 9.53 Å². The molecule has 2 aliphatic heterocycles. The highest BCUT2D eigenvalue weighted by Gasteiger charge is 2.25. The third-order valence-electron chi connectivity index (χ3n) is 5.66. The number of likely N-dealkylation sites (N-methyl/N-ethyl adjacent to an activating group) is 1. The Morgan fingerprint density at radius 3 is 2.59 bits per heavy atom. The van der Waals surface area contributed by atoms with E-state index in [1.807, 2.05) is 12.1 Å². The highest BCUT2D eigenvalue weighted by Crippen LogP contribution is 2.24. The molecule has 150 valence electrons. The molecule has 0 saturated carbocycles. The fourth-order valence-corrected chi connectivity index (χ4v) is 3.88. The van der Waals surface area contributed by atoms with Crippen LogP contribution >= 0.6 is 0 Å². The fraction of sp³-hybridized carbons (Fsp3) is 0.667. The minimum atomic E-state index is 0.0850. The summed E-state index contributed by atoms with van der Waals surface area (Å²) in [5.41, 5.74) is 1.22. The third kappa shape index (κ3) is 5.92. The number of nitrogens with zero attached hydrogens (tertiary/aromatic N) is 2. The first kappa shape index (κ1) is 20.1. The van der Waals surface area contributed by atoms with E-state index in [0.717, 1.165) is 57.8 Å². The quantitative estimate of drug-likeness (QED) is 0.791. The van der Waals surface area contributed by atoms with Crippen molar-refractivity contribution >= 4 is 5.91 Å². The molecule has 6 heteroatoms. The average molecular weight is 376 g/mol. The van der Waals surface area contributed by atoms with Crippen LogP contribution in [0.3, 0.4) is 0 Å². The topological polar surface area (TPSA) is 54.0 Å². The second-order valence-electron chi connectivity index (χ2n) is 7.62. The van der Waals surface area contributed by atoms with Gasteiger partial charge in [0.1, 0.15) is 5.75 Å². The lowest BCUT2D eigenvalue weighted by atomic mass is 10.0.